The van der Waals surface area contributed by atoms with Gasteiger partial charge in [-0.15, -0.1) is 11.3 Å². The standard InChI is InChI=1S/C14H13N5OS/c15-13-11-6-9(3-4-12(11)17-14(16)18-13)19(8-20)7-10-2-1-5-21-10/h1-6,8H,7H2,(H4,15,16,17,18). The summed E-state index contributed by atoms with van der Waals surface area (Å²) < 4.78 is 0. The average Bonchev–Trinajstić information content (AvgIpc) is 2.97. The normalized spacial score (nSPS) is 10.7. The molecule has 7 heteroatoms. The van der Waals surface area contributed by atoms with Gasteiger partial charge >= 0.3 is 0 Å². The van der Waals surface area contributed by atoms with Crippen molar-refractivity contribution in [1.29, 1.82) is 0 Å². The minimum absolute atomic E-state index is 0.138. The number of nitrogen functional groups attached to an aromatic ring is 2. The molecule has 3 rings (SSSR count). The third-order valence-corrected chi connectivity index (χ3v) is 3.95. The molecule has 6 nitrogen and oxygen atoms in total. The summed E-state index contributed by atoms with van der Waals surface area (Å²) in [5, 5.41) is 2.66. The van der Waals surface area contributed by atoms with Crippen LogP contribution in [0.3, 0.4) is 0 Å². The molecule has 0 aliphatic heterocycles. The molecular formula is C14H13N5OS. The van der Waals surface area contributed by atoms with Crippen LogP contribution in [0.1, 0.15) is 4.88 Å². The smallest absolute Gasteiger partial charge is 0.222 e. The van der Waals surface area contributed by atoms with E-state index in [4.69, 9.17) is 11.5 Å². The summed E-state index contributed by atoms with van der Waals surface area (Å²) in [5.41, 5.74) is 12.8. The van der Waals surface area contributed by atoms with Gasteiger partial charge < -0.3 is 16.4 Å². The number of nitrogens with two attached hydrogens (primary N) is 2. The molecule has 0 bridgehead atoms. The van der Waals surface area contributed by atoms with Crippen LogP contribution in [0.5, 0.6) is 0 Å². The molecule has 21 heavy (non-hydrogen) atoms. The molecule has 0 saturated heterocycles. The largest absolute Gasteiger partial charge is 0.383 e. The fourth-order valence-corrected chi connectivity index (χ4v) is 2.80. The Morgan fingerprint density at radius 3 is 2.81 bits per heavy atom. The van der Waals surface area contributed by atoms with Crippen LogP contribution in [0.25, 0.3) is 10.9 Å². The van der Waals surface area contributed by atoms with Gasteiger partial charge in [0.2, 0.25) is 12.4 Å². The summed E-state index contributed by atoms with van der Waals surface area (Å²) in [6.45, 7) is 0.516. The molecule has 106 valence electrons. The summed E-state index contributed by atoms with van der Waals surface area (Å²) in [5.74, 6) is 0.444. The maximum absolute atomic E-state index is 11.4. The van der Waals surface area contributed by atoms with E-state index in [2.05, 4.69) is 9.97 Å². The molecule has 0 radical (unpaired) electrons. The molecule has 1 aromatic carbocycles. The van der Waals surface area contributed by atoms with Gasteiger partial charge in [-0.2, -0.15) is 4.98 Å². The van der Waals surface area contributed by atoms with Gasteiger partial charge in [0.15, 0.2) is 0 Å². The van der Waals surface area contributed by atoms with Gasteiger partial charge in [-0.05, 0) is 29.6 Å². The lowest BCUT2D eigenvalue weighted by Gasteiger charge is -2.17. The van der Waals surface area contributed by atoms with Crippen LogP contribution >= 0.6 is 11.3 Å². The van der Waals surface area contributed by atoms with E-state index in [9.17, 15) is 4.79 Å². The summed E-state index contributed by atoms with van der Waals surface area (Å²) in [6.07, 6.45) is 0.801. The highest BCUT2D eigenvalue weighted by Crippen LogP contribution is 2.26. The first-order valence-electron chi connectivity index (χ1n) is 6.24. The Bertz CT molecular complexity index is 787. The number of thiophene rings is 1. The highest BCUT2D eigenvalue weighted by molar-refractivity contribution is 7.09. The van der Waals surface area contributed by atoms with E-state index in [1.165, 1.54) is 0 Å². The Balaban J connectivity index is 2.01. The Labute approximate surface area is 125 Å². The fourth-order valence-electron chi connectivity index (χ4n) is 2.10. The Kier molecular flexibility index (Phi) is 3.41. The lowest BCUT2D eigenvalue weighted by Crippen LogP contribution is -2.19. The molecule has 2 aromatic heterocycles. The zero-order valence-corrected chi connectivity index (χ0v) is 11.9. The van der Waals surface area contributed by atoms with E-state index in [0.29, 0.717) is 23.3 Å². The number of amides is 1. The predicted octanol–water partition coefficient (Wildman–Crippen LogP) is 2.02. The van der Waals surface area contributed by atoms with Crippen molar-refractivity contribution in [2.45, 2.75) is 6.54 Å². The van der Waals surface area contributed by atoms with Crippen molar-refractivity contribution in [1.82, 2.24) is 9.97 Å². The van der Waals surface area contributed by atoms with Crippen molar-refractivity contribution in [3.05, 3.63) is 40.6 Å². The fraction of sp³-hybridized carbons (Fsp3) is 0.0714. The molecule has 0 spiro atoms. The Morgan fingerprint density at radius 1 is 1.24 bits per heavy atom. The molecule has 0 fully saturated rings. The molecule has 0 atom stereocenters. The zero-order chi connectivity index (χ0) is 14.8. The van der Waals surface area contributed by atoms with Crippen LogP contribution in [0, 0.1) is 0 Å². The van der Waals surface area contributed by atoms with E-state index in [-0.39, 0.29) is 5.95 Å². The molecule has 3 aromatic rings. The monoisotopic (exact) mass is 299 g/mol. The number of anilines is 3. The van der Waals surface area contributed by atoms with Crippen LogP contribution < -0.4 is 16.4 Å². The first-order chi connectivity index (χ1) is 10.2. The van der Waals surface area contributed by atoms with Crippen molar-refractivity contribution >= 4 is 46.1 Å². The molecular weight excluding hydrogens is 286 g/mol. The topological polar surface area (TPSA) is 98.1 Å². The number of rotatable bonds is 4. The minimum atomic E-state index is 0.138. The van der Waals surface area contributed by atoms with E-state index >= 15 is 0 Å². The van der Waals surface area contributed by atoms with E-state index in [1.54, 1.807) is 28.4 Å². The highest BCUT2D eigenvalue weighted by atomic mass is 32.1. The minimum Gasteiger partial charge on any atom is -0.383 e. The van der Waals surface area contributed by atoms with Gasteiger partial charge in [-0.1, -0.05) is 6.07 Å². The molecule has 2 heterocycles. The molecule has 0 aliphatic carbocycles. The van der Waals surface area contributed by atoms with Gasteiger partial charge in [0.05, 0.1) is 12.1 Å². The van der Waals surface area contributed by atoms with Gasteiger partial charge in [-0.25, -0.2) is 4.98 Å². The third kappa shape index (κ3) is 2.63. The average molecular weight is 299 g/mol. The van der Waals surface area contributed by atoms with E-state index in [0.717, 1.165) is 17.0 Å². The Morgan fingerprint density at radius 2 is 2.10 bits per heavy atom. The molecule has 0 aliphatic rings. The van der Waals surface area contributed by atoms with E-state index < -0.39 is 0 Å². The van der Waals surface area contributed by atoms with Crippen molar-refractivity contribution in [2.75, 3.05) is 16.4 Å². The van der Waals surface area contributed by atoms with Gasteiger partial charge in [-0.3, -0.25) is 4.79 Å². The van der Waals surface area contributed by atoms with Crippen molar-refractivity contribution in [2.24, 2.45) is 0 Å². The molecule has 0 saturated carbocycles. The number of hydrogen-bond acceptors (Lipinski definition) is 6. The van der Waals surface area contributed by atoms with E-state index in [1.807, 2.05) is 23.6 Å². The lowest BCUT2D eigenvalue weighted by atomic mass is 10.2. The number of nitrogens with zero attached hydrogens (tertiary/aromatic N) is 3. The van der Waals surface area contributed by atoms with Crippen LogP contribution in [0.4, 0.5) is 17.5 Å². The third-order valence-electron chi connectivity index (χ3n) is 3.09. The number of benzene rings is 1. The highest BCUT2D eigenvalue weighted by Gasteiger charge is 2.10. The zero-order valence-electron chi connectivity index (χ0n) is 11.1. The number of hydrogen-bond donors (Lipinski definition) is 2. The van der Waals surface area contributed by atoms with Crippen molar-refractivity contribution in [3.8, 4) is 0 Å². The number of carbonyl (C=O) groups is 1. The summed E-state index contributed by atoms with van der Waals surface area (Å²) in [4.78, 5) is 22.1. The van der Waals surface area contributed by atoms with Crippen LogP contribution in [0.15, 0.2) is 35.7 Å². The van der Waals surface area contributed by atoms with Crippen LogP contribution in [-0.2, 0) is 11.3 Å². The maximum Gasteiger partial charge on any atom is 0.222 e. The maximum atomic E-state index is 11.4. The number of carbonyl (C=O) groups excluding carboxylic acids is 1. The predicted molar refractivity (Wildman–Crippen MR) is 84.9 cm³/mol. The van der Waals surface area contributed by atoms with Crippen molar-refractivity contribution in [3.63, 3.8) is 0 Å². The van der Waals surface area contributed by atoms with Crippen molar-refractivity contribution < 1.29 is 4.79 Å². The second kappa shape index (κ2) is 5.37. The Hall–Kier alpha value is -2.67. The summed E-state index contributed by atoms with van der Waals surface area (Å²) >= 11 is 1.60. The summed E-state index contributed by atoms with van der Waals surface area (Å²) in [7, 11) is 0. The SMILES string of the molecule is Nc1nc(N)c2cc(N(C=O)Cc3cccs3)ccc2n1. The first kappa shape index (κ1) is 13.3. The van der Waals surface area contributed by atoms with Gasteiger partial charge in [0, 0.05) is 16.0 Å². The first-order valence-corrected chi connectivity index (χ1v) is 7.12. The molecule has 0 unspecified atom stereocenters. The number of aromatic nitrogens is 2. The van der Waals surface area contributed by atoms with Gasteiger partial charge in [0.25, 0.3) is 0 Å². The number of fused-ring (bicyclic) bond motifs is 1. The second-order valence-corrected chi connectivity index (χ2v) is 5.51. The van der Waals surface area contributed by atoms with Crippen LogP contribution in [0.2, 0.25) is 0 Å². The molecule has 4 N–H and O–H groups in total. The van der Waals surface area contributed by atoms with Crippen LogP contribution in [-0.4, -0.2) is 16.4 Å². The summed E-state index contributed by atoms with van der Waals surface area (Å²) in [6, 6.07) is 9.34. The quantitative estimate of drug-likeness (QED) is 0.718. The molecule has 1 amide bonds. The lowest BCUT2D eigenvalue weighted by molar-refractivity contribution is -0.107. The second-order valence-electron chi connectivity index (χ2n) is 4.48. The van der Waals surface area contributed by atoms with Gasteiger partial charge in [0.1, 0.15) is 5.82 Å².